The molecule has 0 aliphatic carbocycles. The van der Waals surface area contributed by atoms with Crippen LogP contribution >= 0.6 is 0 Å². The number of carbonyl (C=O) groups is 1. The quantitative estimate of drug-likeness (QED) is 0.863. The summed E-state index contributed by atoms with van der Waals surface area (Å²) < 4.78 is 0. The Hall–Kier alpha value is -1.35. The van der Waals surface area contributed by atoms with Crippen molar-refractivity contribution >= 4 is 5.91 Å². The molecule has 0 spiro atoms. The number of nitrogens with one attached hydrogen (secondary N) is 1. The van der Waals surface area contributed by atoms with E-state index in [0.717, 1.165) is 32.5 Å². The normalized spacial score (nSPS) is 19.6. The summed E-state index contributed by atoms with van der Waals surface area (Å²) in [5, 5.41) is 3.31. The molecule has 18 heavy (non-hydrogen) atoms. The van der Waals surface area contributed by atoms with Crippen LogP contribution in [0.25, 0.3) is 0 Å². The minimum Gasteiger partial charge on any atom is -0.337 e. The number of amides is 1. The third kappa shape index (κ3) is 3.10. The van der Waals surface area contributed by atoms with Crippen molar-refractivity contribution in [2.45, 2.75) is 39.3 Å². The molecular weight excluding hydrogens is 224 g/mol. The van der Waals surface area contributed by atoms with Gasteiger partial charge in [-0.25, -0.2) is 0 Å². The van der Waals surface area contributed by atoms with Crippen LogP contribution in [-0.4, -0.2) is 29.9 Å². The van der Waals surface area contributed by atoms with Crippen molar-refractivity contribution in [2.75, 3.05) is 13.1 Å². The molecule has 0 aromatic heterocycles. The lowest BCUT2D eigenvalue weighted by Gasteiger charge is -2.17. The first kappa shape index (κ1) is 13.1. The van der Waals surface area contributed by atoms with Gasteiger partial charge in [-0.05, 0) is 31.9 Å². The van der Waals surface area contributed by atoms with Crippen molar-refractivity contribution in [3.8, 4) is 0 Å². The molecule has 1 saturated heterocycles. The highest BCUT2D eigenvalue weighted by molar-refractivity contribution is 5.83. The fourth-order valence-corrected chi connectivity index (χ4v) is 2.32. The number of rotatable bonds is 5. The van der Waals surface area contributed by atoms with Crippen molar-refractivity contribution < 1.29 is 4.79 Å². The average Bonchev–Trinajstić information content (AvgIpc) is 2.71. The number of hydrogen-bond acceptors (Lipinski definition) is 2. The molecule has 1 aromatic rings. The Morgan fingerprint density at radius 2 is 2.06 bits per heavy atom. The zero-order chi connectivity index (χ0) is 13.0. The lowest BCUT2D eigenvalue weighted by atomic mass is 10.1. The number of likely N-dealkylation sites (tertiary alicyclic amines) is 1. The average molecular weight is 246 g/mol. The number of aryl methyl sites for hydroxylation is 1. The van der Waals surface area contributed by atoms with Gasteiger partial charge in [0.2, 0.25) is 5.91 Å². The zero-order valence-corrected chi connectivity index (χ0v) is 11.3. The van der Waals surface area contributed by atoms with Crippen molar-refractivity contribution in [3.05, 3.63) is 35.4 Å². The molecule has 3 heteroatoms. The maximum absolute atomic E-state index is 12.1. The molecule has 98 valence electrons. The van der Waals surface area contributed by atoms with E-state index in [9.17, 15) is 4.79 Å². The first-order valence-electron chi connectivity index (χ1n) is 6.78. The summed E-state index contributed by atoms with van der Waals surface area (Å²) in [6.45, 7) is 6.73. The predicted octanol–water partition coefficient (Wildman–Crippen LogP) is 2.10. The fourth-order valence-electron chi connectivity index (χ4n) is 2.32. The van der Waals surface area contributed by atoms with E-state index in [1.165, 1.54) is 11.1 Å². The number of benzene rings is 1. The molecule has 0 saturated carbocycles. The maximum atomic E-state index is 12.1. The third-order valence-electron chi connectivity index (χ3n) is 3.43. The highest BCUT2D eigenvalue weighted by atomic mass is 16.2. The molecule has 1 atom stereocenters. The van der Waals surface area contributed by atoms with E-state index in [4.69, 9.17) is 0 Å². The van der Waals surface area contributed by atoms with E-state index < -0.39 is 0 Å². The van der Waals surface area contributed by atoms with Gasteiger partial charge in [0.05, 0.1) is 6.04 Å². The number of carbonyl (C=O) groups excluding carboxylic acids is 1. The Bertz CT molecular complexity index is 399. The van der Waals surface area contributed by atoms with Crippen LogP contribution in [0.15, 0.2) is 24.3 Å². The largest absolute Gasteiger partial charge is 0.337 e. The van der Waals surface area contributed by atoms with Gasteiger partial charge in [-0.15, -0.1) is 0 Å². The van der Waals surface area contributed by atoms with E-state index in [-0.39, 0.29) is 11.9 Å². The molecule has 0 radical (unpaired) electrons. The van der Waals surface area contributed by atoms with E-state index >= 15 is 0 Å². The van der Waals surface area contributed by atoms with Crippen molar-refractivity contribution in [3.63, 3.8) is 0 Å². The summed E-state index contributed by atoms with van der Waals surface area (Å²) in [6, 6.07) is 8.45. The van der Waals surface area contributed by atoms with E-state index in [2.05, 4.69) is 43.4 Å². The third-order valence-corrected chi connectivity index (χ3v) is 3.43. The molecule has 1 heterocycles. The highest BCUT2D eigenvalue weighted by Crippen LogP contribution is 2.15. The predicted molar refractivity (Wildman–Crippen MR) is 73.3 cm³/mol. The molecule has 0 unspecified atom stereocenters. The molecule has 2 rings (SSSR count). The minimum atomic E-state index is 0.0374. The Morgan fingerprint density at radius 1 is 1.33 bits per heavy atom. The van der Waals surface area contributed by atoms with Crippen LogP contribution < -0.4 is 5.32 Å². The van der Waals surface area contributed by atoms with Crippen LogP contribution in [0.3, 0.4) is 0 Å². The van der Waals surface area contributed by atoms with Crippen molar-refractivity contribution in [1.29, 1.82) is 0 Å². The van der Waals surface area contributed by atoms with Gasteiger partial charge in [0.15, 0.2) is 0 Å². The van der Waals surface area contributed by atoms with E-state index in [1.54, 1.807) is 0 Å². The molecule has 0 bridgehead atoms. The number of nitrogens with zero attached hydrogens (tertiary/aromatic N) is 1. The summed E-state index contributed by atoms with van der Waals surface area (Å²) in [5.41, 5.74) is 2.47. The molecule has 1 aliphatic heterocycles. The van der Waals surface area contributed by atoms with Crippen LogP contribution in [-0.2, 0) is 11.3 Å². The van der Waals surface area contributed by atoms with Gasteiger partial charge < -0.3 is 10.2 Å². The Kier molecular flexibility index (Phi) is 4.37. The topological polar surface area (TPSA) is 32.3 Å². The smallest absolute Gasteiger partial charge is 0.240 e. The Labute approximate surface area is 109 Å². The van der Waals surface area contributed by atoms with Gasteiger partial charge >= 0.3 is 0 Å². The van der Waals surface area contributed by atoms with Crippen molar-refractivity contribution in [2.24, 2.45) is 0 Å². The van der Waals surface area contributed by atoms with Gasteiger partial charge in [-0.1, -0.05) is 36.8 Å². The van der Waals surface area contributed by atoms with E-state index in [1.807, 2.05) is 4.90 Å². The van der Waals surface area contributed by atoms with Crippen LogP contribution in [0.1, 0.15) is 30.9 Å². The summed E-state index contributed by atoms with van der Waals surface area (Å²) in [6.07, 6.45) is 2.01. The van der Waals surface area contributed by atoms with Crippen molar-refractivity contribution in [1.82, 2.24) is 10.2 Å². The first-order chi connectivity index (χ1) is 8.70. The molecule has 1 amide bonds. The lowest BCUT2D eigenvalue weighted by Crippen LogP contribution is -2.38. The van der Waals surface area contributed by atoms with Gasteiger partial charge in [-0.3, -0.25) is 4.79 Å². The monoisotopic (exact) mass is 246 g/mol. The van der Waals surface area contributed by atoms with Crippen LogP contribution in [0.2, 0.25) is 0 Å². The fraction of sp³-hybridized carbons (Fsp3) is 0.533. The van der Waals surface area contributed by atoms with Crippen LogP contribution in [0.4, 0.5) is 0 Å². The van der Waals surface area contributed by atoms with Gasteiger partial charge in [0.25, 0.3) is 0 Å². The molecule has 1 aliphatic rings. The zero-order valence-electron chi connectivity index (χ0n) is 11.3. The molecule has 3 nitrogen and oxygen atoms in total. The standard InChI is InChI=1S/C15H22N2O/c1-3-9-16-14-8-10-17(15(14)18)11-13-6-4-12(2)5-7-13/h4-7,14,16H,3,8-11H2,1-2H3/t14-/m1/s1. The summed E-state index contributed by atoms with van der Waals surface area (Å²) in [5.74, 6) is 0.254. The minimum absolute atomic E-state index is 0.0374. The SMILES string of the molecule is CCCN[C@@H]1CCN(Cc2ccc(C)cc2)C1=O. The molecule has 1 fully saturated rings. The second-order valence-corrected chi connectivity index (χ2v) is 5.04. The first-order valence-corrected chi connectivity index (χ1v) is 6.78. The van der Waals surface area contributed by atoms with Crippen LogP contribution in [0, 0.1) is 6.92 Å². The number of hydrogen-bond donors (Lipinski definition) is 1. The Morgan fingerprint density at radius 3 is 2.72 bits per heavy atom. The summed E-state index contributed by atoms with van der Waals surface area (Å²) in [7, 11) is 0. The lowest BCUT2D eigenvalue weighted by molar-refractivity contribution is -0.129. The second kappa shape index (κ2) is 6.01. The molecule has 1 N–H and O–H groups in total. The summed E-state index contributed by atoms with van der Waals surface area (Å²) >= 11 is 0. The molecule has 1 aromatic carbocycles. The maximum Gasteiger partial charge on any atom is 0.240 e. The summed E-state index contributed by atoms with van der Waals surface area (Å²) in [4.78, 5) is 14.1. The van der Waals surface area contributed by atoms with Gasteiger partial charge in [-0.2, -0.15) is 0 Å². The molecular formula is C15H22N2O. The van der Waals surface area contributed by atoms with Gasteiger partial charge in [0, 0.05) is 13.1 Å². The second-order valence-electron chi connectivity index (χ2n) is 5.04. The van der Waals surface area contributed by atoms with Gasteiger partial charge in [0.1, 0.15) is 0 Å². The van der Waals surface area contributed by atoms with E-state index in [0.29, 0.717) is 0 Å². The Balaban J connectivity index is 1.91. The van der Waals surface area contributed by atoms with Crippen LogP contribution in [0.5, 0.6) is 0 Å². The highest BCUT2D eigenvalue weighted by Gasteiger charge is 2.30.